The maximum atomic E-state index is 11.2. The maximum Gasteiger partial charge on any atom is 0.103 e. The molecule has 5 fully saturated rings. The molecule has 12 atom stereocenters. The number of hydrogen-bond donors (Lipinski definition) is 3. The van der Waals surface area contributed by atoms with Crippen molar-refractivity contribution in [3.05, 3.63) is 0 Å². The number of rotatable bonds is 5. The molecule has 5 rings (SSSR count). The van der Waals surface area contributed by atoms with E-state index in [1.165, 1.54) is 32.1 Å². The van der Waals surface area contributed by atoms with Crippen LogP contribution < -0.4 is 0 Å². The first-order chi connectivity index (χ1) is 14.8. The van der Waals surface area contributed by atoms with Crippen molar-refractivity contribution in [2.24, 2.45) is 46.3 Å². The van der Waals surface area contributed by atoms with Crippen LogP contribution in [0.4, 0.5) is 0 Å². The van der Waals surface area contributed by atoms with E-state index in [0.717, 1.165) is 37.0 Å². The molecule has 1 aliphatic heterocycles. The standard InChI is InChI=1S/C28H48O4/c1-16(25(3,4)31)13-23(30)17(2)20-7-8-21-19-14-24-28(32-24)15-18(29)9-12-27(28,6)22(19)10-11-26(20,21)5/h16-24,29-31H,7-15H2,1-6H3. The van der Waals surface area contributed by atoms with E-state index in [4.69, 9.17) is 4.74 Å². The summed E-state index contributed by atoms with van der Waals surface area (Å²) in [5, 5.41) is 31.9. The summed E-state index contributed by atoms with van der Waals surface area (Å²) in [7, 11) is 0. The Morgan fingerprint density at radius 2 is 1.75 bits per heavy atom. The number of ether oxygens (including phenoxy) is 1. The summed E-state index contributed by atoms with van der Waals surface area (Å²) in [6, 6.07) is 0. The third-order valence-electron chi connectivity index (χ3n) is 12.2. The molecule has 3 N–H and O–H groups in total. The van der Waals surface area contributed by atoms with Crippen LogP contribution in [0, 0.1) is 46.3 Å². The molecule has 0 bridgehead atoms. The van der Waals surface area contributed by atoms with Gasteiger partial charge in [0.1, 0.15) is 5.60 Å². The van der Waals surface area contributed by atoms with Crippen molar-refractivity contribution < 1.29 is 20.1 Å². The maximum absolute atomic E-state index is 11.2. The Kier molecular flexibility index (Phi) is 5.47. The lowest BCUT2D eigenvalue weighted by Crippen LogP contribution is -2.58. The number of fused-ring (bicyclic) bond motifs is 4. The van der Waals surface area contributed by atoms with Crippen LogP contribution in [0.5, 0.6) is 0 Å². The van der Waals surface area contributed by atoms with Gasteiger partial charge in [-0.2, -0.15) is 0 Å². The fourth-order valence-corrected chi connectivity index (χ4v) is 9.69. The Balaban J connectivity index is 1.33. The predicted octanol–water partition coefficient (Wildman–Crippen LogP) is 4.93. The molecule has 1 saturated heterocycles. The average molecular weight is 449 g/mol. The van der Waals surface area contributed by atoms with Crippen molar-refractivity contribution in [2.45, 2.75) is 129 Å². The molecule has 0 aromatic rings. The summed E-state index contributed by atoms with van der Waals surface area (Å²) < 4.78 is 6.48. The SMILES string of the molecule is CC(C(O)CC(C)C(C)(C)O)C1CCC2C3CC4OC45CC(O)CCC5(C)C3CCC12C. The molecule has 1 spiro atoms. The number of aliphatic hydroxyl groups excluding tert-OH is 2. The second kappa shape index (κ2) is 7.42. The van der Waals surface area contributed by atoms with Crippen LogP contribution in [0.2, 0.25) is 0 Å². The van der Waals surface area contributed by atoms with Crippen LogP contribution in [0.3, 0.4) is 0 Å². The van der Waals surface area contributed by atoms with Crippen molar-refractivity contribution in [1.29, 1.82) is 0 Å². The predicted molar refractivity (Wildman–Crippen MR) is 126 cm³/mol. The molecule has 0 amide bonds. The van der Waals surface area contributed by atoms with Gasteiger partial charge in [-0.3, -0.25) is 0 Å². The van der Waals surface area contributed by atoms with E-state index in [-0.39, 0.29) is 35.1 Å². The van der Waals surface area contributed by atoms with Crippen LogP contribution >= 0.6 is 0 Å². The van der Waals surface area contributed by atoms with Gasteiger partial charge in [0.05, 0.1) is 23.9 Å². The van der Waals surface area contributed by atoms with Gasteiger partial charge in [-0.1, -0.05) is 27.7 Å². The quantitative estimate of drug-likeness (QED) is 0.521. The van der Waals surface area contributed by atoms with Gasteiger partial charge in [0.25, 0.3) is 0 Å². The smallest absolute Gasteiger partial charge is 0.103 e. The van der Waals surface area contributed by atoms with Crippen molar-refractivity contribution in [3.8, 4) is 0 Å². The lowest BCUT2D eigenvalue weighted by atomic mass is 9.44. The zero-order valence-electron chi connectivity index (χ0n) is 21.3. The molecule has 4 saturated carbocycles. The van der Waals surface area contributed by atoms with E-state index >= 15 is 0 Å². The van der Waals surface area contributed by atoms with Crippen molar-refractivity contribution in [1.82, 2.24) is 0 Å². The zero-order valence-corrected chi connectivity index (χ0v) is 21.3. The zero-order chi connectivity index (χ0) is 23.3. The molecule has 32 heavy (non-hydrogen) atoms. The molecule has 0 aromatic carbocycles. The third-order valence-corrected chi connectivity index (χ3v) is 12.2. The van der Waals surface area contributed by atoms with Crippen LogP contribution in [-0.2, 0) is 4.74 Å². The number of aliphatic hydroxyl groups is 3. The van der Waals surface area contributed by atoms with Crippen LogP contribution in [0.1, 0.15) is 99.3 Å². The van der Waals surface area contributed by atoms with Crippen LogP contribution in [0.25, 0.3) is 0 Å². The fourth-order valence-electron chi connectivity index (χ4n) is 9.69. The Labute approximate surface area is 195 Å². The minimum absolute atomic E-state index is 0.0334. The van der Waals surface area contributed by atoms with Gasteiger partial charge in [0.2, 0.25) is 0 Å². The van der Waals surface area contributed by atoms with Gasteiger partial charge in [0.15, 0.2) is 0 Å². The lowest BCUT2D eigenvalue weighted by Gasteiger charge is -2.59. The molecule has 12 unspecified atom stereocenters. The highest BCUT2D eigenvalue weighted by Crippen LogP contribution is 2.74. The van der Waals surface area contributed by atoms with E-state index in [1.807, 2.05) is 13.8 Å². The van der Waals surface area contributed by atoms with Gasteiger partial charge < -0.3 is 20.1 Å². The van der Waals surface area contributed by atoms with E-state index < -0.39 is 5.60 Å². The normalized spacial score (nSPS) is 52.8. The Bertz CT molecular complexity index is 731. The Morgan fingerprint density at radius 1 is 1.03 bits per heavy atom. The molecule has 0 aromatic heterocycles. The van der Waals surface area contributed by atoms with Crippen molar-refractivity contribution in [2.75, 3.05) is 0 Å². The topological polar surface area (TPSA) is 73.2 Å². The number of epoxide rings is 1. The summed E-state index contributed by atoms with van der Waals surface area (Å²) in [5.41, 5.74) is -0.248. The molecule has 4 nitrogen and oxygen atoms in total. The van der Waals surface area contributed by atoms with Gasteiger partial charge in [-0.25, -0.2) is 0 Å². The highest BCUT2D eigenvalue weighted by Gasteiger charge is 2.76. The summed E-state index contributed by atoms with van der Waals surface area (Å²) in [4.78, 5) is 0. The molecule has 5 aliphatic rings. The van der Waals surface area contributed by atoms with E-state index in [0.29, 0.717) is 23.9 Å². The van der Waals surface area contributed by atoms with Gasteiger partial charge in [0, 0.05) is 11.8 Å². The summed E-state index contributed by atoms with van der Waals surface area (Å²) in [6.07, 6.45) is 9.66. The average Bonchev–Trinajstić information content (AvgIpc) is 3.28. The molecule has 0 radical (unpaired) electrons. The second-order valence-electron chi connectivity index (χ2n) is 13.9. The Hall–Kier alpha value is -0.160. The fraction of sp³-hybridized carbons (Fsp3) is 1.00. The highest BCUT2D eigenvalue weighted by molar-refractivity contribution is 5.24. The molecular weight excluding hydrogens is 400 g/mol. The second-order valence-corrected chi connectivity index (χ2v) is 13.9. The molecular formula is C28H48O4. The van der Waals surface area contributed by atoms with Crippen molar-refractivity contribution in [3.63, 3.8) is 0 Å². The first-order valence-electron chi connectivity index (χ1n) is 13.6. The summed E-state index contributed by atoms with van der Waals surface area (Å²) in [5.74, 6) is 3.11. The molecule has 1 heterocycles. The molecule has 4 aliphatic carbocycles. The largest absolute Gasteiger partial charge is 0.393 e. The lowest BCUT2D eigenvalue weighted by molar-refractivity contribution is -0.120. The number of hydrogen-bond acceptors (Lipinski definition) is 4. The van der Waals surface area contributed by atoms with E-state index in [2.05, 4.69) is 27.7 Å². The van der Waals surface area contributed by atoms with Crippen molar-refractivity contribution >= 4 is 0 Å². The van der Waals surface area contributed by atoms with E-state index in [1.54, 1.807) is 0 Å². The van der Waals surface area contributed by atoms with Gasteiger partial charge >= 0.3 is 0 Å². The Morgan fingerprint density at radius 3 is 2.44 bits per heavy atom. The highest BCUT2D eigenvalue weighted by atomic mass is 16.6. The summed E-state index contributed by atoms with van der Waals surface area (Å²) >= 11 is 0. The van der Waals surface area contributed by atoms with Gasteiger partial charge in [-0.15, -0.1) is 0 Å². The monoisotopic (exact) mass is 448 g/mol. The first-order valence-corrected chi connectivity index (χ1v) is 13.6. The first kappa shape index (κ1) is 23.6. The third kappa shape index (κ3) is 3.22. The van der Waals surface area contributed by atoms with Crippen LogP contribution in [-0.4, -0.2) is 44.8 Å². The van der Waals surface area contributed by atoms with Crippen LogP contribution in [0.15, 0.2) is 0 Å². The van der Waals surface area contributed by atoms with E-state index in [9.17, 15) is 15.3 Å². The molecule has 184 valence electrons. The summed E-state index contributed by atoms with van der Waals surface area (Å²) in [6.45, 7) is 13.1. The van der Waals surface area contributed by atoms with Gasteiger partial charge in [-0.05, 0) is 106 Å². The minimum Gasteiger partial charge on any atom is -0.393 e. The minimum atomic E-state index is -0.747. The molecule has 4 heteroatoms.